The smallest absolute Gasteiger partial charge is 0.242 e. The lowest BCUT2D eigenvalue weighted by Gasteiger charge is -2.15. The zero-order valence-electron chi connectivity index (χ0n) is 17.4. The lowest BCUT2D eigenvalue weighted by molar-refractivity contribution is -0.127. The standard InChI is InChI=1S/C22H21ClFN3O4S/c1-4-9-27-21(29)19(32-22(27)25-14-7-5-13(24)6-8-14)12-20(28)26-16-11-17(30-2)15(23)10-18(16)31-3/h4-8,10-11,19H,1,9,12H2,2-3H3,(H,26,28). The molecule has 3 rings (SSSR count). The number of benzene rings is 2. The van der Waals surface area contributed by atoms with E-state index in [4.69, 9.17) is 21.1 Å². The zero-order chi connectivity index (χ0) is 23.3. The van der Waals surface area contributed by atoms with Gasteiger partial charge >= 0.3 is 0 Å². The van der Waals surface area contributed by atoms with E-state index in [0.717, 1.165) is 0 Å². The average Bonchev–Trinajstić information content (AvgIpc) is 3.05. The molecule has 1 heterocycles. The van der Waals surface area contributed by atoms with Crippen LogP contribution in [0.1, 0.15) is 6.42 Å². The van der Waals surface area contributed by atoms with Crippen LogP contribution in [0.2, 0.25) is 5.02 Å². The van der Waals surface area contributed by atoms with Gasteiger partial charge in [0.25, 0.3) is 0 Å². The molecule has 0 spiro atoms. The fraction of sp³-hybridized carbons (Fsp3) is 0.227. The molecule has 2 amide bonds. The third-order valence-corrected chi connectivity index (χ3v) is 5.97. The van der Waals surface area contributed by atoms with Gasteiger partial charge in [0.15, 0.2) is 5.17 Å². The molecule has 1 atom stereocenters. The van der Waals surface area contributed by atoms with Gasteiger partial charge in [-0.15, -0.1) is 6.58 Å². The maximum atomic E-state index is 13.2. The number of amides is 2. The van der Waals surface area contributed by atoms with E-state index in [1.807, 2.05) is 0 Å². The number of rotatable bonds is 8. The summed E-state index contributed by atoms with van der Waals surface area (Å²) >= 11 is 7.27. The van der Waals surface area contributed by atoms with Crippen LogP contribution < -0.4 is 14.8 Å². The van der Waals surface area contributed by atoms with Gasteiger partial charge in [0.1, 0.15) is 22.6 Å². The minimum Gasteiger partial charge on any atom is -0.495 e. The summed E-state index contributed by atoms with van der Waals surface area (Å²) in [6, 6.07) is 8.69. The summed E-state index contributed by atoms with van der Waals surface area (Å²) in [5, 5.41) is 2.83. The number of halogens is 2. The van der Waals surface area contributed by atoms with Gasteiger partial charge in [0, 0.05) is 25.1 Å². The molecule has 0 aliphatic carbocycles. The van der Waals surface area contributed by atoms with Crippen LogP contribution in [0.15, 0.2) is 54.0 Å². The third kappa shape index (κ3) is 5.41. The van der Waals surface area contributed by atoms with Gasteiger partial charge in [-0.05, 0) is 24.3 Å². The molecule has 1 fully saturated rings. The number of anilines is 1. The van der Waals surface area contributed by atoms with Gasteiger partial charge in [-0.3, -0.25) is 14.5 Å². The fourth-order valence-corrected chi connectivity index (χ4v) is 4.37. The molecule has 1 aliphatic rings. The van der Waals surface area contributed by atoms with E-state index in [2.05, 4.69) is 16.9 Å². The molecule has 32 heavy (non-hydrogen) atoms. The summed E-state index contributed by atoms with van der Waals surface area (Å²) in [5.41, 5.74) is 0.871. The summed E-state index contributed by atoms with van der Waals surface area (Å²) in [6.45, 7) is 3.91. The van der Waals surface area contributed by atoms with E-state index in [1.165, 1.54) is 61.2 Å². The van der Waals surface area contributed by atoms with Crippen molar-refractivity contribution in [2.75, 3.05) is 26.1 Å². The highest BCUT2D eigenvalue weighted by atomic mass is 35.5. The van der Waals surface area contributed by atoms with Crippen LogP contribution in [0.25, 0.3) is 0 Å². The molecule has 1 aliphatic heterocycles. The Labute approximate surface area is 194 Å². The highest BCUT2D eigenvalue weighted by Crippen LogP contribution is 2.37. The molecule has 0 saturated carbocycles. The average molecular weight is 478 g/mol. The number of carbonyl (C=O) groups is 2. The number of nitrogens with one attached hydrogen (secondary N) is 1. The fourth-order valence-electron chi connectivity index (χ4n) is 2.98. The second kappa shape index (κ2) is 10.5. The first-order chi connectivity index (χ1) is 15.4. The van der Waals surface area contributed by atoms with Crippen LogP contribution in [-0.4, -0.2) is 47.9 Å². The molecule has 1 saturated heterocycles. The molecule has 7 nitrogen and oxygen atoms in total. The van der Waals surface area contributed by atoms with E-state index >= 15 is 0 Å². The Morgan fingerprint density at radius 3 is 2.59 bits per heavy atom. The highest BCUT2D eigenvalue weighted by molar-refractivity contribution is 8.15. The molecule has 0 radical (unpaired) electrons. The van der Waals surface area contributed by atoms with Gasteiger partial charge < -0.3 is 14.8 Å². The van der Waals surface area contributed by atoms with Gasteiger partial charge in [0.05, 0.1) is 30.6 Å². The lowest BCUT2D eigenvalue weighted by Crippen LogP contribution is -2.33. The molecule has 0 aromatic heterocycles. The van der Waals surface area contributed by atoms with E-state index in [1.54, 1.807) is 12.1 Å². The molecule has 1 unspecified atom stereocenters. The van der Waals surface area contributed by atoms with Crippen LogP contribution in [0.5, 0.6) is 11.5 Å². The van der Waals surface area contributed by atoms with Gasteiger partial charge in [-0.25, -0.2) is 9.38 Å². The Morgan fingerprint density at radius 2 is 1.97 bits per heavy atom. The molecular formula is C22H21ClFN3O4S. The molecule has 2 aromatic carbocycles. The quantitative estimate of drug-likeness (QED) is 0.560. The van der Waals surface area contributed by atoms with Gasteiger partial charge in [-0.2, -0.15) is 0 Å². The summed E-state index contributed by atoms with van der Waals surface area (Å²) < 4.78 is 23.6. The highest BCUT2D eigenvalue weighted by Gasteiger charge is 2.38. The SMILES string of the molecule is C=CCN1C(=O)C(CC(=O)Nc2cc(OC)c(Cl)cc2OC)SC1=Nc1ccc(F)cc1. The molecule has 2 aromatic rings. The largest absolute Gasteiger partial charge is 0.495 e. The minimum absolute atomic E-state index is 0.0896. The Balaban J connectivity index is 1.77. The molecular weight excluding hydrogens is 457 g/mol. The van der Waals surface area contributed by atoms with Crippen molar-refractivity contribution in [2.24, 2.45) is 4.99 Å². The van der Waals surface area contributed by atoms with Crippen molar-refractivity contribution in [2.45, 2.75) is 11.7 Å². The van der Waals surface area contributed by atoms with Crippen molar-refractivity contribution < 1.29 is 23.5 Å². The predicted molar refractivity (Wildman–Crippen MR) is 125 cm³/mol. The maximum Gasteiger partial charge on any atom is 0.242 e. The van der Waals surface area contributed by atoms with Crippen molar-refractivity contribution in [3.8, 4) is 11.5 Å². The molecule has 10 heteroatoms. The van der Waals surface area contributed by atoms with Crippen LogP contribution in [0, 0.1) is 5.82 Å². The number of aliphatic imine (C=N–C) groups is 1. The van der Waals surface area contributed by atoms with E-state index in [0.29, 0.717) is 33.1 Å². The maximum absolute atomic E-state index is 13.2. The van der Waals surface area contributed by atoms with E-state index in [9.17, 15) is 14.0 Å². The van der Waals surface area contributed by atoms with Crippen LogP contribution in [0.4, 0.5) is 15.8 Å². The van der Waals surface area contributed by atoms with Gasteiger partial charge in [0.2, 0.25) is 11.8 Å². The van der Waals surface area contributed by atoms with Crippen molar-refractivity contribution in [3.05, 3.63) is 59.9 Å². The third-order valence-electron chi connectivity index (χ3n) is 4.50. The van der Waals surface area contributed by atoms with E-state index < -0.39 is 5.25 Å². The predicted octanol–water partition coefficient (Wildman–Crippen LogP) is 4.64. The number of methoxy groups -OCH3 is 2. The second-order valence-electron chi connectivity index (χ2n) is 6.65. The Bertz CT molecular complexity index is 1060. The number of hydrogen-bond donors (Lipinski definition) is 1. The summed E-state index contributed by atoms with van der Waals surface area (Å²) in [5.74, 6) is -0.288. The number of nitrogens with zero attached hydrogens (tertiary/aromatic N) is 2. The monoisotopic (exact) mass is 477 g/mol. The van der Waals surface area contributed by atoms with Crippen LogP contribution in [-0.2, 0) is 9.59 Å². The van der Waals surface area contributed by atoms with Crippen LogP contribution in [0.3, 0.4) is 0 Å². The van der Waals surface area contributed by atoms with Crippen molar-refractivity contribution in [3.63, 3.8) is 0 Å². The minimum atomic E-state index is -0.672. The topological polar surface area (TPSA) is 80.2 Å². The first-order valence-corrected chi connectivity index (χ1v) is 10.8. The molecule has 168 valence electrons. The first kappa shape index (κ1) is 23.6. The number of carbonyl (C=O) groups excluding carboxylic acids is 2. The normalized spacial score (nSPS) is 16.9. The number of ether oxygens (including phenoxy) is 2. The van der Waals surface area contributed by atoms with Crippen molar-refractivity contribution in [1.29, 1.82) is 0 Å². The van der Waals surface area contributed by atoms with E-state index in [-0.39, 0.29) is 30.6 Å². The molecule has 0 bridgehead atoms. The summed E-state index contributed by atoms with van der Waals surface area (Å²) in [4.78, 5) is 31.5. The van der Waals surface area contributed by atoms with Crippen molar-refractivity contribution in [1.82, 2.24) is 4.90 Å². The first-order valence-electron chi connectivity index (χ1n) is 9.50. The number of hydrogen-bond acceptors (Lipinski definition) is 6. The van der Waals surface area contributed by atoms with Gasteiger partial charge in [-0.1, -0.05) is 29.4 Å². The number of thioether (sulfide) groups is 1. The Kier molecular flexibility index (Phi) is 7.76. The molecule has 1 N–H and O–H groups in total. The second-order valence-corrected chi connectivity index (χ2v) is 8.23. The van der Waals surface area contributed by atoms with Crippen molar-refractivity contribution >= 4 is 51.7 Å². The van der Waals surface area contributed by atoms with Crippen LogP contribution >= 0.6 is 23.4 Å². The number of amidine groups is 1. The zero-order valence-corrected chi connectivity index (χ0v) is 19.0. The summed E-state index contributed by atoms with van der Waals surface area (Å²) in [6.07, 6.45) is 1.49. The lowest BCUT2D eigenvalue weighted by atomic mass is 10.2. The Morgan fingerprint density at radius 1 is 1.28 bits per heavy atom. The Hall–Kier alpha value is -3.04. The summed E-state index contributed by atoms with van der Waals surface area (Å²) in [7, 11) is 2.92.